The van der Waals surface area contributed by atoms with Crippen LogP contribution in [0, 0.1) is 0 Å². The highest BCUT2D eigenvalue weighted by Gasteiger charge is 2.07. The molecule has 0 radical (unpaired) electrons. The van der Waals surface area contributed by atoms with Crippen molar-refractivity contribution in [1.82, 2.24) is 14.8 Å². The number of pyridine rings is 1. The molecule has 4 aromatic rings. The van der Waals surface area contributed by atoms with Crippen LogP contribution in [0.5, 0.6) is 0 Å². The largest absolute Gasteiger partial charge is 0.263 e. The minimum atomic E-state index is 0.933. The van der Waals surface area contributed by atoms with Gasteiger partial charge in [0.25, 0.3) is 0 Å². The zero-order valence-electron chi connectivity index (χ0n) is 11.3. The third-order valence-corrected chi connectivity index (χ3v) is 3.55. The Morgan fingerprint density at radius 3 is 2.48 bits per heavy atom. The number of nitrogens with zero attached hydrogens (tertiary/aromatic N) is 3. The van der Waals surface area contributed by atoms with Gasteiger partial charge < -0.3 is 0 Å². The maximum atomic E-state index is 4.68. The number of fused-ring (bicyclic) bond motifs is 1. The summed E-state index contributed by atoms with van der Waals surface area (Å²) in [7, 11) is 0. The molecule has 0 aliphatic rings. The minimum Gasteiger partial charge on any atom is -0.263 e. The lowest BCUT2D eigenvalue weighted by atomic mass is 10.1. The fourth-order valence-electron chi connectivity index (χ4n) is 2.51. The van der Waals surface area contributed by atoms with Gasteiger partial charge in [-0.15, -0.1) is 0 Å². The highest BCUT2D eigenvalue weighted by Crippen LogP contribution is 2.26. The summed E-state index contributed by atoms with van der Waals surface area (Å²) in [5.74, 6) is 0. The number of hydrogen-bond donors (Lipinski definition) is 0. The fraction of sp³-hybridized carbons (Fsp3) is 0. The second-order valence-electron chi connectivity index (χ2n) is 4.89. The zero-order valence-corrected chi connectivity index (χ0v) is 11.3. The van der Waals surface area contributed by atoms with Gasteiger partial charge in [-0.2, -0.15) is 5.10 Å². The highest BCUT2D eigenvalue weighted by molar-refractivity contribution is 5.94. The number of benzene rings is 2. The normalized spacial score (nSPS) is 10.9. The van der Waals surface area contributed by atoms with Gasteiger partial charge in [-0.3, -0.25) is 4.98 Å². The van der Waals surface area contributed by atoms with E-state index in [0.29, 0.717) is 0 Å². The van der Waals surface area contributed by atoms with Gasteiger partial charge in [0.05, 0.1) is 11.4 Å². The van der Waals surface area contributed by atoms with Crippen molar-refractivity contribution in [2.75, 3.05) is 0 Å². The van der Waals surface area contributed by atoms with Gasteiger partial charge in [0, 0.05) is 29.5 Å². The van der Waals surface area contributed by atoms with Crippen molar-refractivity contribution in [2.45, 2.75) is 0 Å². The second-order valence-corrected chi connectivity index (χ2v) is 4.89. The van der Waals surface area contributed by atoms with Crippen LogP contribution < -0.4 is 0 Å². The van der Waals surface area contributed by atoms with Crippen molar-refractivity contribution in [3.05, 3.63) is 79.3 Å². The van der Waals surface area contributed by atoms with Crippen molar-refractivity contribution in [2.24, 2.45) is 0 Å². The molecular formula is C18H13N3. The summed E-state index contributed by atoms with van der Waals surface area (Å²) in [6.45, 7) is 0. The van der Waals surface area contributed by atoms with Crippen LogP contribution in [0.15, 0.2) is 79.3 Å². The van der Waals surface area contributed by atoms with E-state index in [-0.39, 0.29) is 0 Å². The predicted molar refractivity (Wildman–Crippen MR) is 84.3 cm³/mol. The fourth-order valence-corrected chi connectivity index (χ4v) is 2.51. The van der Waals surface area contributed by atoms with E-state index in [1.807, 2.05) is 71.8 Å². The predicted octanol–water partition coefficient (Wildman–Crippen LogP) is 4.09. The quantitative estimate of drug-likeness (QED) is 0.550. The number of hydrogen-bond acceptors (Lipinski definition) is 2. The topological polar surface area (TPSA) is 30.7 Å². The first kappa shape index (κ1) is 11.9. The Morgan fingerprint density at radius 1 is 0.762 bits per heavy atom. The number of para-hydroxylation sites is 1. The molecule has 0 spiro atoms. The Bertz CT molecular complexity index is 889. The monoisotopic (exact) mass is 271 g/mol. The van der Waals surface area contributed by atoms with Crippen LogP contribution in [0.25, 0.3) is 27.7 Å². The molecule has 0 saturated carbocycles. The zero-order chi connectivity index (χ0) is 14.1. The molecule has 0 atom stereocenters. The molecule has 0 amide bonds. The van der Waals surface area contributed by atoms with Crippen molar-refractivity contribution >= 4 is 10.8 Å². The van der Waals surface area contributed by atoms with E-state index in [1.54, 1.807) is 0 Å². The minimum absolute atomic E-state index is 0.933. The molecule has 0 fully saturated rings. The molecule has 0 aliphatic carbocycles. The van der Waals surface area contributed by atoms with Crippen LogP contribution >= 0.6 is 0 Å². The van der Waals surface area contributed by atoms with Gasteiger partial charge >= 0.3 is 0 Å². The standard InChI is InChI=1S/C18H13N3/c1-2-7-15(8-3-1)21-11-10-18(20-21)17-13-19-12-14-6-4-5-9-16(14)17/h1-13H. The van der Waals surface area contributed by atoms with E-state index in [9.17, 15) is 0 Å². The van der Waals surface area contributed by atoms with Crippen LogP contribution in [0.1, 0.15) is 0 Å². The maximum Gasteiger partial charge on any atom is 0.0949 e. The van der Waals surface area contributed by atoms with Crippen LogP contribution in [0.2, 0.25) is 0 Å². The second kappa shape index (κ2) is 4.87. The van der Waals surface area contributed by atoms with Crippen molar-refractivity contribution in [3.63, 3.8) is 0 Å². The third-order valence-electron chi connectivity index (χ3n) is 3.55. The SMILES string of the molecule is c1ccc(-n2ccc(-c3cncc4ccccc34)n2)cc1. The molecule has 4 rings (SSSR count). The Balaban J connectivity index is 1.85. The van der Waals surface area contributed by atoms with E-state index in [4.69, 9.17) is 0 Å². The summed E-state index contributed by atoms with van der Waals surface area (Å²) in [6, 6.07) is 20.4. The molecule has 0 aliphatic heterocycles. The van der Waals surface area contributed by atoms with E-state index < -0.39 is 0 Å². The number of rotatable bonds is 2. The molecule has 2 aromatic heterocycles. The lowest BCUT2D eigenvalue weighted by Crippen LogP contribution is -1.94. The molecule has 2 aromatic carbocycles. The molecule has 2 heterocycles. The van der Waals surface area contributed by atoms with Gasteiger partial charge in [0.1, 0.15) is 0 Å². The third kappa shape index (κ3) is 2.09. The summed E-state index contributed by atoms with van der Waals surface area (Å²) in [4.78, 5) is 4.32. The summed E-state index contributed by atoms with van der Waals surface area (Å²) in [5, 5.41) is 6.98. The molecule has 21 heavy (non-hydrogen) atoms. The Kier molecular flexibility index (Phi) is 2.75. The van der Waals surface area contributed by atoms with Gasteiger partial charge in [-0.1, -0.05) is 42.5 Å². The van der Waals surface area contributed by atoms with Crippen LogP contribution in [0.4, 0.5) is 0 Å². The first-order valence-electron chi connectivity index (χ1n) is 6.86. The lowest BCUT2D eigenvalue weighted by molar-refractivity contribution is 0.884. The summed E-state index contributed by atoms with van der Waals surface area (Å²) in [6.07, 6.45) is 5.74. The van der Waals surface area contributed by atoms with Gasteiger partial charge in [-0.05, 0) is 23.6 Å². The molecule has 0 unspecified atom stereocenters. The molecule has 100 valence electrons. The van der Waals surface area contributed by atoms with Crippen LogP contribution in [-0.2, 0) is 0 Å². The molecule has 3 heteroatoms. The summed E-state index contributed by atoms with van der Waals surface area (Å²) < 4.78 is 1.89. The Morgan fingerprint density at radius 2 is 1.57 bits per heavy atom. The average Bonchev–Trinajstić information content (AvgIpc) is 3.05. The Hall–Kier alpha value is -2.94. The molecule has 0 bridgehead atoms. The van der Waals surface area contributed by atoms with Crippen molar-refractivity contribution in [3.8, 4) is 16.9 Å². The van der Waals surface area contributed by atoms with Crippen LogP contribution in [-0.4, -0.2) is 14.8 Å². The van der Waals surface area contributed by atoms with E-state index in [1.165, 1.54) is 5.39 Å². The maximum absolute atomic E-state index is 4.68. The molecule has 3 nitrogen and oxygen atoms in total. The van der Waals surface area contributed by atoms with Gasteiger partial charge in [0.15, 0.2) is 0 Å². The molecule has 0 saturated heterocycles. The number of aromatic nitrogens is 3. The molecular weight excluding hydrogens is 258 g/mol. The smallest absolute Gasteiger partial charge is 0.0949 e. The van der Waals surface area contributed by atoms with Crippen LogP contribution in [0.3, 0.4) is 0 Å². The van der Waals surface area contributed by atoms with E-state index in [2.05, 4.69) is 22.2 Å². The van der Waals surface area contributed by atoms with Crippen molar-refractivity contribution in [1.29, 1.82) is 0 Å². The average molecular weight is 271 g/mol. The highest BCUT2D eigenvalue weighted by atomic mass is 15.3. The first-order valence-corrected chi connectivity index (χ1v) is 6.86. The van der Waals surface area contributed by atoms with E-state index in [0.717, 1.165) is 22.3 Å². The van der Waals surface area contributed by atoms with E-state index >= 15 is 0 Å². The summed E-state index contributed by atoms with van der Waals surface area (Å²) in [5.41, 5.74) is 3.04. The van der Waals surface area contributed by atoms with Gasteiger partial charge in [0.2, 0.25) is 0 Å². The Labute approximate surface area is 122 Å². The first-order chi connectivity index (χ1) is 10.4. The lowest BCUT2D eigenvalue weighted by Gasteiger charge is -2.03. The van der Waals surface area contributed by atoms with Crippen molar-refractivity contribution < 1.29 is 0 Å². The molecule has 0 N–H and O–H groups in total. The summed E-state index contributed by atoms with van der Waals surface area (Å²) >= 11 is 0. The van der Waals surface area contributed by atoms with Gasteiger partial charge in [-0.25, -0.2) is 4.68 Å².